The number of esters is 1. The van der Waals surface area contributed by atoms with Crippen LogP contribution in [0.15, 0.2) is 42.5 Å². The van der Waals surface area contributed by atoms with E-state index in [2.05, 4.69) is 10.1 Å². The number of nitrogens with zero attached hydrogens (tertiary/aromatic N) is 1. The number of anilines is 1. The Balaban J connectivity index is 2.02. The van der Waals surface area contributed by atoms with Crippen molar-refractivity contribution in [1.82, 2.24) is 0 Å². The van der Waals surface area contributed by atoms with Gasteiger partial charge < -0.3 is 10.1 Å². The second-order valence-corrected chi connectivity index (χ2v) is 4.96. The van der Waals surface area contributed by atoms with Gasteiger partial charge in [-0.25, -0.2) is 9.18 Å². The summed E-state index contributed by atoms with van der Waals surface area (Å²) in [5.74, 6) is -2.64. The second kappa shape index (κ2) is 7.51. The number of amides is 1. The van der Waals surface area contributed by atoms with Crippen LogP contribution in [0.25, 0.3) is 0 Å². The van der Waals surface area contributed by atoms with Crippen LogP contribution in [0.4, 0.5) is 15.8 Å². The Bertz CT molecular complexity index is 812. The summed E-state index contributed by atoms with van der Waals surface area (Å²) in [6, 6.07) is 8.74. The van der Waals surface area contributed by atoms with Crippen LogP contribution in [0.2, 0.25) is 5.02 Å². The summed E-state index contributed by atoms with van der Waals surface area (Å²) in [4.78, 5) is 33.6. The summed E-state index contributed by atoms with van der Waals surface area (Å²) in [5, 5.41) is 13.3. The van der Waals surface area contributed by atoms with E-state index in [1.807, 2.05) is 0 Å². The highest BCUT2D eigenvalue weighted by atomic mass is 35.5. The molecule has 0 saturated heterocycles. The van der Waals surface area contributed by atoms with Gasteiger partial charge in [0.25, 0.3) is 11.6 Å². The predicted molar refractivity (Wildman–Crippen MR) is 83.4 cm³/mol. The summed E-state index contributed by atoms with van der Waals surface area (Å²) in [5.41, 5.74) is -0.827. The lowest BCUT2D eigenvalue weighted by molar-refractivity contribution is -0.383. The molecular weight excluding hydrogens is 343 g/mol. The summed E-state index contributed by atoms with van der Waals surface area (Å²) in [6.07, 6.45) is 0. The van der Waals surface area contributed by atoms with E-state index < -0.39 is 29.2 Å². The largest absolute Gasteiger partial charge is 0.452 e. The number of nitro groups is 1. The molecule has 1 N–H and O–H groups in total. The second-order valence-electron chi connectivity index (χ2n) is 4.52. The fraction of sp³-hybridized carbons (Fsp3) is 0.0667. The lowest BCUT2D eigenvalue weighted by atomic mass is 10.2. The molecule has 2 aromatic carbocycles. The molecule has 1 amide bonds. The van der Waals surface area contributed by atoms with E-state index >= 15 is 0 Å². The van der Waals surface area contributed by atoms with Crippen LogP contribution in [0.3, 0.4) is 0 Å². The molecule has 0 bridgehead atoms. The first kappa shape index (κ1) is 17.4. The molecule has 0 fully saturated rings. The zero-order chi connectivity index (χ0) is 17.7. The van der Waals surface area contributed by atoms with E-state index in [0.29, 0.717) is 0 Å². The maximum atomic E-state index is 13.4. The SMILES string of the molecule is O=C(COC(=O)c1ccccc1F)Nc1cc(Cl)ccc1[N+](=O)[O-]. The Labute approximate surface area is 140 Å². The first-order valence-electron chi connectivity index (χ1n) is 6.54. The average Bonchev–Trinajstić information content (AvgIpc) is 2.53. The van der Waals surface area contributed by atoms with Gasteiger partial charge in [0.15, 0.2) is 6.61 Å². The maximum Gasteiger partial charge on any atom is 0.341 e. The minimum atomic E-state index is -1.02. The van der Waals surface area contributed by atoms with E-state index in [-0.39, 0.29) is 22.0 Å². The Hall–Kier alpha value is -3.00. The minimum absolute atomic E-state index is 0.139. The van der Waals surface area contributed by atoms with Gasteiger partial charge in [0.2, 0.25) is 0 Å². The molecule has 0 aliphatic carbocycles. The molecule has 0 aromatic heterocycles. The van der Waals surface area contributed by atoms with Crippen LogP contribution in [0, 0.1) is 15.9 Å². The van der Waals surface area contributed by atoms with Crippen molar-refractivity contribution in [2.24, 2.45) is 0 Å². The van der Waals surface area contributed by atoms with Gasteiger partial charge in [-0.1, -0.05) is 23.7 Å². The van der Waals surface area contributed by atoms with E-state index in [9.17, 15) is 24.1 Å². The molecular formula is C15H10ClFN2O5. The van der Waals surface area contributed by atoms with Crippen LogP contribution >= 0.6 is 11.6 Å². The van der Waals surface area contributed by atoms with Gasteiger partial charge in [0.1, 0.15) is 11.5 Å². The molecule has 7 nitrogen and oxygen atoms in total. The van der Waals surface area contributed by atoms with Crippen LogP contribution < -0.4 is 5.32 Å². The Morgan fingerprint density at radius 1 is 1.25 bits per heavy atom. The molecule has 124 valence electrons. The molecule has 0 spiro atoms. The molecule has 0 saturated carbocycles. The van der Waals surface area contributed by atoms with Crippen molar-refractivity contribution in [2.45, 2.75) is 0 Å². The van der Waals surface area contributed by atoms with Crippen LogP contribution in [-0.4, -0.2) is 23.4 Å². The number of halogens is 2. The lowest BCUT2D eigenvalue weighted by Crippen LogP contribution is -2.21. The highest BCUT2D eigenvalue weighted by Gasteiger charge is 2.18. The summed E-state index contributed by atoms with van der Waals surface area (Å²) < 4.78 is 18.1. The first-order valence-corrected chi connectivity index (χ1v) is 6.91. The Morgan fingerprint density at radius 2 is 1.96 bits per heavy atom. The highest BCUT2D eigenvalue weighted by molar-refractivity contribution is 6.31. The molecule has 0 unspecified atom stereocenters. The quantitative estimate of drug-likeness (QED) is 0.506. The average molecular weight is 353 g/mol. The van der Waals surface area contributed by atoms with Gasteiger partial charge in [0, 0.05) is 11.1 Å². The van der Waals surface area contributed by atoms with E-state index in [4.69, 9.17) is 11.6 Å². The molecule has 24 heavy (non-hydrogen) atoms. The Morgan fingerprint density at radius 3 is 2.62 bits per heavy atom. The van der Waals surface area contributed by atoms with Crippen molar-refractivity contribution >= 4 is 34.9 Å². The van der Waals surface area contributed by atoms with Gasteiger partial charge in [-0.3, -0.25) is 14.9 Å². The number of hydrogen-bond acceptors (Lipinski definition) is 5. The standard InChI is InChI=1S/C15H10ClFN2O5/c16-9-5-6-13(19(22)23)12(7-9)18-14(20)8-24-15(21)10-3-1-2-4-11(10)17/h1-7H,8H2,(H,18,20). The molecule has 0 radical (unpaired) electrons. The molecule has 0 atom stereocenters. The fourth-order valence-corrected chi connectivity index (χ4v) is 1.96. The van der Waals surface area contributed by atoms with Crippen molar-refractivity contribution in [3.63, 3.8) is 0 Å². The van der Waals surface area contributed by atoms with Crippen molar-refractivity contribution in [1.29, 1.82) is 0 Å². The van der Waals surface area contributed by atoms with Crippen molar-refractivity contribution in [3.05, 3.63) is 69.0 Å². The first-order chi connectivity index (χ1) is 11.4. The number of carbonyl (C=O) groups is 2. The van der Waals surface area contributed by atoms with Gasteiger partial charge >= 0.3 is 5.97 Å². The zero-order valence-electron chi connectivity index (χ0n) is 12.0. The normalized spacial score (nSPS) is 10.1. The number of rotatable bonds is 5. The summed E-state index contributed by atoms with van der Waals surface area (Å²) in [6.45, 7) is -0.739. The third-order valence-electron chi connectivity index (χ3n) is 2.86. The van der Waals surface area contributed by atoms with Gasteiger partial charge in [-0.05, 0) is 24.3 Å². The third kappa shape index (κ3) is 4.26. The maximum absolute atomic E-state index is 13.4. The van der Waals surface area contributed by atoms with Gasteiger partial charge in [-0.15, -0.1) is 0 Å². The van der Waals surface area contributed by atoms with Gasteiger partial charge in [0.05, 0.1) is 10.5 Å². The fourth-order valence-electron chi connectivity index (χ4n) is 1.79. The molecule has 0 heterocycles. The number of hydrogen-bond donors (Lipinski definition) is 1. The summed E-state index contributed by atoms with van der Waals surface area (Å²) in [7, 11) is 0. The van der Waals surface area contributed by atoms with E-state index in [0.717, 1.165) is 12.1 Å². The topological polar surface area (TPSA) is 98.5 Å². The molecule has 2 rings (SSSR count). The number of carbonyl (C=O) groups excluding carboxylic acids is 2. The third-order valence-corrected chi connectivity index (χ3v) is 3.09. The van der Waals surface area contributed by atoms with Crippen LogP contribution in [0.5, 0.6) is 0 Å². The zero-order valence-corrected chi connectivity index (χ0v) is 12.7. The Kier molecular flexibility index (Phi) is 5.43. The molecule has 9 heteroatoms. The molecule has 0 aliphatic rings. The van der Waals surface area contributed by atoms with Crippen molar-refractivity contribution < 1.29 is 23.6 Å². The lowest BCUT2D eigenvalue weighted by Gasteiger charge is -2.08. The van der Waals surface area contributed by atoms with Crippen LogP contribution in [0.1, 0.15) is 10.4 Å². The van der Waals surface area contributed by atoms with Crippen molar-refractivity contribution in [3.8, 4) is 0 Å². The number of benzene rings is 2. The van der Waals surface area contributed by atoms with E-state index in [1.54, 1.807) is 0 Å². The molecule has 0 aliphatic heterocycles. The summed E-state index contributed by atoms with van der Waals surface area (Å²) >= 11 is 5.73. The smallest absolute Gasteiger partial charge is 0.341 e. The van der Waals surface area contributed by atoms with Crippen molar-refractivity contribution in [2.75, 3.05) is 11.9 Å². The van der Waals surface area contributed by atoms with E-state index in [1.165, 1.54) is 30.3 Å². The van der Waals surface area contributed by atoms with Gasteiger partial charge in [-0.2, -0.15) is 0 Å². The monoisotopic (exact) mass is 352 g/mol. The number of ether oxygens (including phenoxy) is 1. The molecule has 2 aromatic rings. The minimum Gasteiger partial charge on any atom is -0.452 e. The predicted octanol–water partition coefficient (Wildman–Crippen LogP) is 3.18. The van der Waals surface area contributed by atoms with Crippen LogP contribution in [-0.2, 0) is 9.53 Å². The number of nitro benzene ring substituents is 1. The number of nitrogens with one attached hydrogen (secondary N) is 1. The highest BCUT2D eigenvalue weighted by Crippen LogP contribution is 2.27.